The second-order valence-corrected chi connectivity index (χ2v) is 12.8. The molecule has 1 fully saturated rings. The van der Waals surface area contributed by atoms with E-state index in [1.54, 1.807) is 6.07 Å². The van der Waals surface area contributed by atoms with Crippen LogP contribution in [0.15, 0.2) is 41.4 Å². The molecule has 6 N–H and O–H groups in total. The number of aryl methyl sites for hydroxylation is 3. The summed E-state index contributed by atoms with van der Waals surface area (Å²) in [7, 11) is 0. The molecule has 41 heavy (non-hydrogen) atoms. The highest BCUT2D eigenvalue weighted by Gasteiger charge is 2.36. The number of hydrogen-bond donors (Lipinski definition) is 3. The van der Waals surface area contributed by atoms with Crippen molar-refractivity contribution in [3.05, 3.63) is 68.7 Å². The van der Waals surface area contributed by atoms with Crippen LogP contribution in [0.2, 0.25) is 10.0 Å². The van der Waals surface area contributed by atoms with Gasteiger partial charge in [-0.2, -0.15) is 0 Å². The van der Waals surface area contributed by atoms with Crippen LogP contribution in [0.1, 0.15) is 61.8 Å². The van der Waals surface area contributed by atoms with Gasteiger partial charge in [-0.05, 0) is 80.7 Å². The molecule has 1 saturated heterocycles. The highest BCUT2D eigenvalue weighted by atomic mass is 35.5. The molecule has 2 aromatic carbocycles. The molecule has 3 rings (SSSR count). The molecule has 0 spiro atoms. The fourth-order valence-electron chi connectivity index (χ4n) is 5.91. The van der Waals surface area contributed by atoms with Crippen molar-refractivity contribution in [1.82, 2.24) is 9.80 Å². The lowest BCUT2D eigenvalue weighted by molar-refractivity contribution is -0.138. The average Bonchev–Trinajstić information content (AvgIpc) is 2.89. The number of carbonyl (C=O) groups excluding carboxylic acids is 1. The molecule has 0 bridgehead atoms. The number of benzene rings is 2. The predicted molar refractivity (Wildman–Crippen MR) is 173 cm³/mol. The molecular weight excluding hydrogens is 555 g/mol. The maximum atomic E-state index is 13.7. The molecule has 1 aliphatic rings. The van der Waals surface area contributed by atoms with Gasteiger partial charge in [-0.1, -0.05) is 66.9 Å². The Morgan fingerprint density at radius 1 is 1.05 bits per heavy atom. The van der Waals surface area contributed by atoms with Gasteiger partial charge in [0.2, 0.25) is 5.91 Å². The van der Waals surface area contributed by atoms with Gasteiger partial charge < -0.3 is 22.1 Å². The Labute approximate surface area is 256 Å². The van der Waals surface area contributed by atoms with Crippen LogP contribution >= 0.6 is 23.2 Å². The zero-order valence-corrected chi connectivity index (χ0v) is 26.6. The topological polar surface area (TPSA) is 114 Å². The first-order valence-electron chi connectivity index (χ1n) is 14.8. The van der Waals surface area contributed by atoms with Crippen molar-refractivity contribution >= 4 is 35.1 Å². The second-order valence-electron chi connectivity index (χ2n) is 12.0. The molecule has 9 heteroatoms. The summed E-state index contributed by atoms with van der Waals surface area (Å²) in [5.74, 6) is 0.752. The first-order chi connectivity index (χ1) is 19.4. The van der Waals surface area contributed by atoms with E-state index in [2.05, 4.69) is 60.7 Å². The number of rotatable bonds is 13. The SMILES string of the molecule is Cc1ccc(C[C@@H](N)CN2C[C@@H](CC(C)C)N(C(=O)CCc3ccc(Cl)c(Cl)c3)C[C@@H]2CCCN=C(N)N)c(C)c1. The van der Waals surface area contributed by atoms with E-state index in [0.29, 0.717) is 41.9 Å². The number of nitrogens with zero attached hydrogens (tertiary/aromatic N) is 3. The number of halogens is 2. The van der Waals surface area contributed by atoms with E-state index in [1.165, 1.54) is 16.7 Å². The van der Waals surface area contributed by atoms with Gasteiger partial charge in [0, 0.05) is 50.7 Å². The number of aliphatic imine (C=N–C) groups is 1. The minimum atomic E-state index is -0.00628. The zero-order valence-electron chi connectivity index (χ0n) is 25.1. The third-order valence-electron chi connectivity index (χ3n) is 7.92. The third-order valence-corrected chi connectivity index (χ3v) is 8.66. The van der Waals surface area contributed by atoms with Gasteiger partial charge in [-0.25, -0.2) is 0 Å². The van der Waals surface area contributed by atoms with Crippen LogP contribution in [0.25, 0.3) is 0 Å². The fourth-order valence-corrected chi connectivity index (χ4v) is 6.23. The molecule has 1 amide bonds. The summed E-state index contributed by atoms with van der Waals surface area (Å²) in [5.41, 5.74) is 22.7. The minimum absolute atomic E-state index is 0.00628. The van der Waals surface area contributed by atoms with Gasteiger partial charge in [-0.3, -0.25) is 14.7 Å². The van der Waals surface area contributed by atoms with Crippen molar-refractivity contribution in [2.75, 3.05) is 26.2 Å². The summed E-state index contributed by atoms with van der Waals surface area (Å²) >= 11 is 12.3. The van der Waals surface area contributed by atoms with Crippen molar-refractivity contribution in [3.63, 3.8) is 0 Å². The smallest absolute Gasteiger partial charge is 0.223 e. The van der Waals surface area contributed by atoms with E-state index in [9.17, 15) is 4.79 Å². The molecule has 3 atom stereocenters. The Bertz CT molecular complexity index is 1180. The lowest BCUT2D eigenvalue weighted by atomic mass is 9.93. The molecule has 0 aromatic heterocycles. The number of hydrogen-bond acceptors (Lipinski definition) is 4. The highest BCUT2D eigenvalue weighted by molar-refractivity contribution is 6.42. The van der Waals surface area contributed by atoms with Gasteiger partial charge in [0.1, 0.15) is 0 Å². The maximum Gasteiger partial charge on any atom is 0.223 e. The molecular formula is C32H48Cl2N6O. The van der Waals surface area contributed by atoms with Crippen LogP contribution in [-0.4, -0.2) is 66.0 Å². The summed E-state index contributed by atoms with van der Waals surface area (Å²) in [5, 5.41) is 1.04. The quantitative estimate of drug-likeness (QED) is 0.168. The highest BCUT2D eigenvalue weighted by Crippen LogP contribution is 2.27. The van der Waals surface area contributed by atoms with E-state index in [0.717, 1.165) is 44.3 Å². The minimum Gasteiger partial charge on any atom is -0.370 e. The summed E-state index contributed by atoms with van der Waals surface area (Å²) in [4.78, 5) is 22.5. The van der Waals surface area contributed by atoms with Crippen LogP contribution in [0.4, 0.5) is 0 Å². The molecule has 0 radical (unpaired) electrons. The summed E-state index contributed by atoms with van der Waals surface area (Å²) < 4.78 is 0. The normalized spacial score (nSPS) is 18.5. The van der Waals surface area contributed by atoms with E-state index in [-0.39, 0.29) is 30.0 Å². The predicted octanol–water partition coefficient (Wildman–Crippen LogP) is 5.09. The molecule has 1 heterocycles. The number of amides is 1. The van der Waals surface area contributed by atoms with Crippen molar-refractivity contribution in [2.45, 2.75) is 84.3 Å². The molecule has 0 aliphatic carbocycles. The fraction of sp³-hybridized carbons (Fsp3) is 0.562. The van der Waals surface area contributed by atoms with Crippen molar-refractivity contribution in [2.24, 2.45) is 28.1 Å². The van der Waals surface area contributed by atoms with Crippen molar-refractivity contribution in [3.8, 4) is 0 Å². The summed E-state index contributed by atoms with van der Waals surface area (Å²) in [6.07, 6.45) is 4.55. The van der Waals surface area contributed by atoms with Crippen molar-refractivity contribution < 1.29 is 4.79 Å². The molecule has 7 nitrogen and oxygen atoms in total. The van der Waals surface area contributed by atoms with Crippen LogP contribution in [0.5, 0.6) is 0 Å². The number of guanidine groups is 1. The average molecular weight is 604 g/mol. The molecule has 2 aromatic rings. The van der Waals surface area contributed by atoms with Crippen molar-refractivity contribution in [1.29, 1.82) is 0 Å². The van der Waals surface area contributed by atoms with Crippen LogP contribution < -0.4 is 17.2 Å². The first-order valence-corrected chi connectivity index (χ1v) is 15.5. The summed E-state index contributed by atoms with van der Waals surface area (Å²) in [6, 6.07) is 12.5. The standard InChI is InChI=1S/C32H48Cl2N6O/c1-21(2)14-28-19-39(18-26(35)17-25-10-7-22(3)15-23(25)4)27(6-5-13-38-32(36)37)20-40(28)31(41)12-9-24-8-11-29(33)30(34)16-24/h7-8,10-11,15-16,21,26-28H,5-6,9,12-14,17-20,35H2,1-4H3,(H4,36,37,38)/t26-,27+,28-/m1/s1. The zero-order chi connectivity index (χ0) is 30.1. The molecule has 0 unspecified atom stereocenters. The van der Waals surface area contributed by atoms with Gasteiger partial charge >= 0.3 is 0 Å². The Kier molecular flexibility index (Phi) is 12.8. The van der Waals surface area contributed by atoms with Crippen LogP contribution in [0.3, 0.4) is 0 Å². The van der Waals surface area contributed by atoms with E-state index in [4.69, 9.17) is 40.4 Å². The second kappa shape index (κ2) is 15.8. The third kappa shape index (κ3) is 10.5. The number of piperazine rings is 1. The molecule has 1 aliphatic heterocycles. The number of carbonyl (C=O) groups is 1. The lowest BCUT2D eigenvalue weighted by Gasteiger charge is -2.48. The van der Waals surface area contributed by atoms with Crippen LogP contribution in [0, 0.1) is 19.8 Å². The van der Waals surface area contributed by atoms with Crippen LogP contribution in [-0.2, 0) is 17.6 Å². The Morgan fingerprint density at radius 2 is 1.80 bits per heavy atom. The Balaban J connectivity index is 1.75. The van der Waals surface area contributed by atoms with E-state index >= 15 is 0 Å². The molecule has 0 saturated carbocycles. The first kappa shape index (κ1) is 33.2. The van der Waals surface area contributed by atoms with Gasteiger partial charge in [0.25, 0.3) is 0 Å². The van der Waals surface area contributed by atoms with E-state index in [1.807, 2.05) is 12.1 Å². The Morgan fingerprint density at radius 3 is 2.46 bits per heavy atom. The Hall–Kier alpha value is -2.32. The number of nitrogens with two attached hydrogens (primary N) is 3. The van der Waals surface area contributed by atoms with E-state index < -0.39 is 0 Å². The maximum absolute atomic E-state index is 13.7. The summed E-state index contributed by atoms with van der Waals surface area (Å²) in [6.45, 7) is 11.5. The van der Waals surface area contributed by atoms with Gasteiger partial charge in [0.15, 0.2) is 5.96 Å². The monoisotopic (exact) mass is 602 g/mol. The largest absolute Gasteiger partial charge is 0.370 e. The van der Waals surface area contributed by atoms with Gasteiger partial charge in [0.05, 0.1) is 10.0 Å². The lowest BCUT2D eigenvalue weighted by Crippen LogP contribution is -2.61. The molecule has 226 valence electrons. The van der Waals surface area contributed by atoms with Gasteiger partial charge in [-0.15, -0.1) is 0 Å².